The minimum atomic E-state index is -0.694. The van der Waals surface area contributed by atoms with Crippen LogP contribution in [0.4, 0.5) is 0 Å². The van der Waals surface area contributed by atoms with Gasteiger partial charge in [0.25, 0.3) is 0 Å². The first-order valence-electron chi connectivity index (χ1n) is 6.81. The van der Waals surface area contributed by atoms with Crippen molar-refractivity contribution in [1.82, 2.24) is 4.90 Å². The maximum Gasteiger partial charge on any atom is 0.310 e. The topological polar surface area (TPSA) is 40.5 Å². The van der Waals surface area contributed by atoms with Gasteiger partial charge in [0.2, 0.25) is 0 Å². The zero-order chi connectivity index (χ0) is 13.1. The van der Waals surface area contributed by atoms with Gasteiger partial charge in [-0.15, -0.1) is 0 Å². The van der Waals surface area contributed by atoms with Crippen molar-refractivity contribution in [2.24, 2.45) is 10.8 Å². The number of hydrogen-bond acceptors (Lipinski definition) is 2. The Labute approximate surface area is 105 Å². The van der Waals surface area contributed by atoms with E-state index >= 15 is 0 Å². The first kappa shape index (κ1) is 14.5. The van der Waals surface area contributed by atoms with Gasteiger partial charge in [-0.3, -0.25) is 4.79 Å². The first-order chi connectivity index (χ1) is 7.85. The van der Waals surface area contributed by atoms with Crippen LogP contribution < -0.4 is 0 Å². The molecule has 0 amide bonds. The number of carbonyl (C=O) groups is 1. The van der Waals surface area contributed by atoms with Crippen molar-refractivity contribution in [3.05, 3.63) is 0 Å². The third-order valence-electron chi connectivity index (χ3n) is 4.61. The van der Waals surface area contributed by atoms with Crippen LogP contribution in [0.3, 0.4) is 0 Å². The van der Waals surface area contributed by atoms with Crippen LogP contribution in [0.5, 0.6) is 0 Å². The molecule has 1 saturated heterocycles. The lowest BCUT2D eigenvalue weighted by molar-refractivity contribution is -0.148. The molecule has 3 heteroatoms. The Morgan fingerprint density at radius 2 is 1.71 bits per heavy atom. The minimum Gasteiger partial charge on any atom is -0.481 e. The number of likely N-dealkylation sites (tertiary alicyclic amines) is 1. The number of piperidine rings is 1. The van der Waals surface area contributed by atoms with Crippen molar-refractivity contribution in [2.75, 3.05) is 19.6 Å². The molecule has 1 aliphatic rings. The number of hydrogen-bond donors (Lipinski definition) is 1. The fourth-order valence-corrected chi connectivity index (χ4v) is 2.77. The van der Waals surface area contributed by atoms with Crippen LogP contribution >= 0.6 is 0 Å². The standard InChI is InChI=1S/C14H27NO2/c1-5-14(6-2)7-9-15(10-8-14)11-13(3,4)12(16)17/h5-11H2,1-4H3,(H,16,17). The summed E-state index contributed by atoms with van der Waals surface area (Å²) < 4.78 is 0. The molecule has 0 aromatic heterocycles. The summed E-state index contributed by atoms with van der Waals surface area (Å²) in [5.41, 5.74) is -0.109. The molecule has 1 aliphatic heterocycles. The normalized spacial score (nSPS) is 21.4. The van der Waals surface area contributed by atoms with E-state index in [4.69, 9.17) is 5.11 Å². The van der Waals surface area contributed by atoms with Crippen LogP contribution in [0.25, 0.3) is 0 Å². The van der Waals surface area contributed by atoms with E-state index in [0.717, 1.165) is 13.1 Å². The van der Waals surface area contributed by atoms with Crippen LogP contribution in [0.15, 0.2) is 0 Å². The van der Waals surface area contributed by atoms with Crippen LogP contribution in [-0.4, -0.2) is 35.6 Å². The van der Waals surface area contributed by atoms with Gasteiger partial charge < -0.3 is 10.0 Å². The van der Waals surface area contributed by atoms with Gasteiger partial charge in [0.15, 0.2) is 0 Å². The molecule has 1 rings (SSSR count). The fourth-order valence-electron chi connectivity index (χ4n) is 2.77. The minimum absolute atomic E-state index is 0.518. The van der Waals surface area contributed by atoms with Crippen molar-refractivity contribution < 1.29 is 9.90 Å². The SMILES string of the molecule is CCC1(CC)CCN(CC(C)(C)C(=O)O)CC1. The average molecular weight is 241 g/mol. The van der Waals surface area contributed by atoms with E-state index in [0.29, 0.717) is 12.0 Å². The van der Waals surface area contributed by atoms with Crippen molar-refractivity contribution in [3.63, 3.8) is 0 Å². The van der Waals surface area contributed by atoms with Gasteiger partial charge in [-0.2, -0.15) is 0 Å². The summed E-state index contributed by atoms with van der Waals surface area (Å²) in [5.74, 6) is -0.694. The third kappa shape index (κ3) is 3.44. The lowest BCUT2D eigenvalue weighted by atomic mass is 9.74. The van der Waals surface area contributed by atoms with E-state index in [1.807, 2.05) is 13.8 Å². The molecule has 0 spiro atoms. The molecule has 1 heterocycles. The van der Waals surface area contributed by atoms with Gasteiger partial charge in [-0.05, 0) is 45.2 Å². The second-order valence-electron chi connectivity index (χ2n) is 6.17. The van der Waals surface area contributed by atoms with E-state index in [1.165, 1.54) is 25.7 Å². The Kier molecular flexibility index (Phi) is 4.59. The maximum atomic E-state index is 11.1. The molecule has 0 atom stereocenters. The summed E-state index contributed by atoms with van der Waals surface area (Å²) >= 11 is 0. The lowest BCUT2D eigenvalue weighted by Crippen LogP contribution is -2.45. The molecule has 0 bridgehead atoms. The van der Waals surface area contributed by atoms with E-state index in [2.05, 4.69) is 18.7 Å². The van der Waals surface area contributed by atoms with Crippen LogP contribution in [0.2, 0.25) is 0 Å². The highest BCUT2D eigenvalue weighted by Gasteiger charge is 2.35. The zero-order valence-corrected chi connectivity index (χ0v) is 11.8. The summed E-state index contributed by atoms with van der Waals surface area (Å²) in [5, 5.41) is 9.14. The summed E-state index contributed by atoms with van der Waals surface area (Å²) in [6.07, 6.45) is 4.94. The summed E-state index contributed by atoms with van der Waals surface area (Å²) in [6.45, 7) is 11.0. The highest BCUT2D eigenvalue weighted by Crippen LogP contribution is 2.38. The van der Waals surface area contributed by atoms with Gasteiger partial charge in [-0.25, -0.2) is 0 Å². The maximum absolute atomic E-state index is 11.1. The third-order valence-corrected chi connectivity index (χ3v) is 4.61. The highest BCUT2D eigenvalue weighted by atomic mass is 16.4. The molecular weight excluding hydrogens is 214 g/mol. The van der Waals surface area contributed by atoms with Gasteiger partial charge in [0.05, 0.1) is 5.41 Å². The molecule has 1 N–H and O–H groups in total. The second kappa shape index (κ2) is 5.38. The molecule has 3 nitrogen and oxygen atoms in total. The number of nitrogens with zero attached hydrogens (tertiary/aromatic N) is 1. The van der Waals surface area contributed by atoms with Crippen LogP contribution in [-0.2, 0) is 4.79 Å². The Hall–Kier alpha value is -0.570. The van der Waals surface area contributed by atoms with Crippen molar-refractivity contribution in [3.8, 4) is 0 Å². The van der Waals surface area contributed by atoms with E-state index in [9.17, 15) is 4.79 Å². The predicted molar refractivity (Wildman–Crippen MR) is 70.1 cm³/mol. The van der Waals surface area contributed by atoms with E-state index in [-0.39, 0.29) is 0 Å². The van der Waals surface area contributed by atoms with E-state index < -0.39 is 11.4 Å². The molecular formula is C14H27NO2. The number of carboxylic acid groups (broad SMARTS) is 1. The molecule has 0 saturated carbocycles. The monoisotopic (exact) mass is 241 g/mol. The van der Waals surface area contributed by atoms with Gasteiger partial charge >= 0.3 is 5.97 Å². The van der Waals surface area contributed by atoms with Crippen molar-refractivity contribution in [2.45, 2.75) is 53.4 Å². The Balaban J connectivity index is 2.50. The quantitative estimate of drug-likeness (QED) is 0.804. The smallest absolute Gasteiger partial charge is 0.310 e. The Bertz CT molecular complexity index is 259. The predicted octanol–water partition coefficient (Wildman–Crippen LogP) is 3.00. The number of rotatable bonds is 5. The van der Waals surface area contributed by atoms with Gasteiger partial charge in [-0.1, -0.05) is 26.7 Å². The lowest BCUT2D eigenvalue weighted by Gasteiger charge is -2.42. The van der Waals surface area contributed by atoms with Gasteiger partial charge in [0.1, 0.15) is 0 Å². The Morgan fingerprint density at radius 1 is 1.24 bits per heavy atom. The number of carboxylic acids is 1. The number of aliphatic carboxylic acids is 1. The van der Waals surface area contributed by atoms with E-state index in [1.54, 1.807) is 0 Å². The van der Waals surface area contributed by atoms with Crippen LogP contribution in [0, 0.1) is 10.8 Å². The fraction of sp³-hybridized carbons (Fsp3) is 0.929. The van der Waals surface area contributed by atoms with Crippen molar-refractivity contribution >= 4 is 5.97 Å². The molecule has 100 valence electrons. The molecule has 17 heavy (non-hydrogen) atoms. The molecule has 1 fully saturated rings. The molecule has 0 aliphatic carbocycles. The largest absolute Gasteiger partial charge is 0.481 e. The zero-order valence-electron chi connectivity index (χ0n) is 11.8. The highest BCUT2D eigenvalue weighted by molar-refractivity contribution is 5.73. The summed E-state index contributed by atoms with van der Waals surface area (Å²) in [4.78, 5) is 13.4. The first-order valence-corrected chi connectivity index (χ1v) is 6.81. The molecule has 0 aromatic carbocycles. The molecule has 0 radical (unpaired) electrons. The van der Waals surface area contributed by atoms with Crippen molar-refractivity contribution in [1.29, 1.82) is 0 Å². The van der Waals surface area contributed by atoms with Crippen LogP contribution in [0.1, 0.15) is 53.4 Å². The Morgan fingerprint density at radius 3 is 2.06 bits per heavy atom. The van der Waals surface area contributed by atoms with Gasteiger partial charge in [0, 0.05) is 6.54 Å². The summed E-state index contributed by atoms with van der Waals surface area (Å²) in [6, 6.07) is 0. The summed E-state index contributed by atoms with van der Waals surface area (Å²) in [7, 11) is 0. The molecule has 0 unspecified atom stereocenters. The second-order valence-corrected chi connectivity index (χ2v) is 6.17. The average Bonchev–Trinajstić information content (AvgIpc) is 2.30. The molecule has 0 aromatic rings.